The summed E-state index contributed by atoms with van der Waals surface area (Å²) in [4.78, 5) is 12.2. The molecular weight excluding hydrogens is 361 g/mol. The van der Waals surface area contributed by atoms with Crippen molar-refractivity contribution in [2.75, 3.05) is 19.6 Å². The van der Waals surface area contributed by atoms with E-state index in [-0.39, 0.29) is 36.3 Å². The minimum atomic E-state index is -0.315. The van der Waals surface area contributed by atoms with E-state index in [9.17, 15) is 9.18 Å². The average molecular weight is 384 g/mol. The van der Waals surface area contributed by atoms with Crippen LogP contribution >= 0.6 is 12.4 Å². The number of carbonyl (C=O) groups excluding carboxylic acids is 1. The number of ether oxygens (including phenoxy) is 1. The second kappa shape index (κ2) is 9.49. The largest absolute Gasteiger partial charge is 0.489 e. The van der Waals surface area contributed by atoms with Gasteiger partial charge < -0.3 is 15.4 Å². The molecule has 142 valence electrons. The van der Waals surface area contributed by atoms with Crippen LogP contribution in [0.1, 0.15) is 36.3 Å². The van der Waals surface area contributed by atoms with Gasteiger partial charge in [-0.1, -0.05) is 5.21 Å². The summed E-state index contributed by atoms with van der Waals surface area (Å²) in [5.74, 6) is -0.0418. The molecule has 3 rings (SSSR count). The number of carbonyl (C=O) groups is 1. The second-order valence-electron chi connectivity index (χ2n) is 6.16. The predicted octanol–water partition coefficient (Wildman–Crippen LogP) is 1.96. The maximum absolute atomic E-state index is 12.9. The third-order valence-electron chi connectivity index (χ3n) is 4.13. The standard InChI is InChI=1S/C17H22FN5O2.ClH/c1-12(25-15-4-2-13(18)3-5-15)10-20-17(24)16-11-23(22-21-16)14-6-8-19-9-7-14;/h2-5,11-12,14,19H,6-10H2,1H3,(H,20,24);1H. The van der Waals surface area contributed by atoms with Gasteiger partial charge in [-0.2, -0.15) is 0 Å². The highest BCUT2D eigenvalue weighted by atomic mass is 35.5. The van der Waals surface area contributed by atoms with Crippen LogP contribution in [-0.2, 0) is 0 Å². The lowest BCUT2D eigenvalue weighted by molar-refractivity contribution is 0.0927. The molecule has 7 nitrogen and oxygen atoms in total. The van der Waals surface area contributed by atoms with Crippen molar-refractivity contribution in [3.05, 3.63) is 42.0 Å². The molecule has 0 radical (unpaired) electrons. The Kier molecular flexibility index (Phi) is 7.35. The lowest BCUT2D eigenvalue weighted by atomic mass is 10.1. The summed E-state index contributed by atoms with van der Waals surface area (Å²) in [6.45, 7) is 4.04. The first-order valence-corrected chi connectivity index (χ1v) is 8.45. The summed E-state index contributed by atoms with van der Waals surface area (Å²) in [5.41, 5.74) is 0.299. The number of halogens is 2. The van der Waals surface area contributed by atoms with E-state index in [1.54, 1.807) is 23.0 Å². The molecule has 1 amide bonds. The van der Waals surface area contributed by atoms with Crippen molar-refractivity contribution in [3.8, 4) is 5.75 Å². The van der Waals surface area contributed by atoms with Gasteiger partial charge in [0.2, 0.25) is 0 Å². The van der Waals surface area contributed by atoms with Gasteiger partial charge in [-0.05, 0) is 57.1 Å². The first-order chi connectivity index (χ1) is 12.1. The number of hydrogen-bond acceptors (Lipinski definition) is 5. The zero-order valence-corrected chi connectivity index (χ0v) is 15.3. The molecule has 1 fully saturated rings. The van der Waals surface area contributed by atoms with Crippen LogP contribution in [0.5, 0.6) is 5.75 Å². The number of nitrogens with zero attached hydrogens (tertiary/aromatic N) is 3. The Morgan fingerprint density at radius 2 is 2.08 bits per heavy atom. The topological polar surface area (TPSA) is 81.1 Å². The molecule has 1 atom stereocenters. The zero-order valence-electron chi connectivity index (χ0n) is 14.5. The van der Waals surface area contributed by atoms with Crippen LogP contribution in [0.15, 0.2) is 30.5 Å². The Hall–Kier alpha value is -2.19. The second-order valence-corrected chi connectivity index (χ2v) is 6.16. The predicted molar refractivity (Wildman–Crippen MR) is 97.2 cm³/mol. The third-order valence-corrected chi connectivity index (χ3v) is 4.13. The van der Waals surface area contributed by atoms with Gasteiger partial charge in [-0.15, -0.1) is 17.5 Å². The molecular formula is C17H23ClFN5O2. The summed E-state index contributed by atoms with van der Waals surface area (Å²) in [7, 11) is 0. The molecule has 2 heterocycles. The fraction of sp³-hybridized carbons (Fsp3) is 0.471. The van der Waals surface area contributed by atoms with E-state index in [2.05, 4.69) is 20.9 Å². The zero-order chi connectivity index (χ0) is 17.6. The quantitative estimate of drug-likeness (QED) is 0.797. The molecule has 0 saturated carbocycles. The van der Waals surface area contributed by atoms with Gasteiger partial charge in [-0.25, -0.2) is 9.07 Å². The summed E-state index contributed by atoms with van der Waals surface area (Å²) in [5, 5.41) is 14.1. The molecule has 0 bridgehead atoms. The third kappa shape index (κ3) is 5.40. The van der Waals surface area contributed by atoms with E-state index >= 15 is 0 Å². The number of aromatic nitrogens is 3. The summed E-state index contributed by atoms with van der Waals surface area (Å²) < 4.78 is 20.3. The van der Waals surface area contributed by atoms with E-state index in [4.69, 9.17) is 4.74 Å². The molecule has 1 unspecified atom stereocenters. The smallest absolute Gasteiger partial charge is 0.273 e. The van der Waals surface area contributed by atoms with Crippen molar-refractivity contribution in [1.82, 2.24) is 25.6 Å². The van der Waals surface area contributed by atoms with Crippen molar-refractivity contribution < 1.29 is 13.9 Å². The van der Waals surface area contributed by atoms with E-state index in [1.165, 1.54) is 12.1 Å². The Morgan fingerprint density at radius 1 is 1.38 bits per heavy atom. The van der Waals surface area contributed by atoms with Crippen LogP contribution in [-0.4, -0.2) is 46.6 Å². The number of rotatable bonds is 6. The number of piperidine rings is 1. The molecule has 1 saturated heterocycles. The molecule has 2 N–H and O–H groups in total. The van der Waals surface area contributed by atoms with Crippen LogP contribution in [0, 0.1) is 5.82 Å². The molecule has 1 aliphatic rings. The fourth-order valence-electron chi connectivity index (χ4n) is 2.74. The van der Waals surface area contributed by atoms with Crippen LogP contribution < -0.4 is 15.4 Å². The minimum absolute atomic E-state index is 0. The van der Waals surface area contributed by atoms with Crippen LogP contribution in [0.2, 0.25) is 0 Å². The van der Waals surface area contributed by atoms with E-state index in [0.717, 1.165) is 25.9 Å². The van der Waals surface area contributed by atoms with Crippen LogP contribution in [0.3, 0.4) is 0 Å². The SMILES string of the molecule is CC(CNC(=O)c1cn(C2CCNCC2)nn1)Oc1ccc(F)cc1.Cl. The van der Waals surface area contributed by atoms with Gasteiger partial charge in [-0.3, -0.25) is 4.79 Å². The van der Waals surface area contributed by atoms with Crippen LogP contribution in [0.25, 0.3) is 0 Å². The van der Waals surface area contributed by atoms with Crippen molar-refractivity contribution >= 4 is 18.3 Å². The molecule has 26 heavy (non-hydrogen) atoms. The maximum Gasteiger partial charge on any atom is 0.273 e. The molecule has 1 aromatic heterocycles. The monoisotopic (exact) mass is 383 g/mol. The fourth-order valence-corrected chi connectivity index (χ4v) is 2.74. The summed E-state index contributed by atoms with van der Waals surface area (Å²) in [6, 6.07) is 6.06. The van der Waals surface area contributed by atoms with E-state index in [0.29, 0.717) is 18.0 Å². The van der Waals surface area contributed by atoms with Crippen molar-refractivity contribution in [1.29, 1.82) is 0 Å². The highest BCUT2D eigenvalue weighted by Gasteiger charge is 2.19. The van der Waals surface area contributed by atoms with Crippen molar-refractivity contribution in [2.24, 2.45) is 0 Å². The van der Waals surface area contributed by atoms with Gasteiger partial charge in [0, 0.05) is 0 Å². The average Bonchev–Trinajstić information content (AvgIpc) is 3.13. The van der Waals surface area contributed by atoms with Gasteiger partial charge in [0.25, 0.3) is 5.91 Å². The van der Waals surface area contributed by atoms with Gasteiger partial charge in [0.05, 0.1) is 18.8 Å². The lowest BCUT2D eigenvalue weighted by Crippen LogP contribution is -2.33. The number of amides is 1. The normalized spacial score (nSPS) is 15.8. The molecule has 0 spiro atoms. The van der Waals surface area contributed by atoms with Crippen molar-refractivity contribution in [3.63, 3.8) is 0 Å². The molecule has 2 aromatic rings. The Morgan fingerprint density at radius 3 is 2.77 bits per heavy atom. The lowest BCUT2D eigenvalue weighted by Gasteiger charge is -2.22. The number of benzene rings is 1. The Bertz CT molecular complexity index is 703. The molecule has 0 aliphatic carbocycles. The summed E-state index contributed by atoms with van der Waals surface area (Å²) >= 11 is 0. The summed E-state index contributed by atoms with van der Waals surface area (Å²) in [6.07, 6.45) is 3.39. The Labute approximate surface area is 157 Å². The first kappa shape index (κ1) is 20.1. The maximum atomic E-state index is 12.9. The number of hydrogen-bond donors (Lipinski definition) is 2. The van der Waals surface area contributed by atoms with Gasteiger partial charge in [0.15, 0.2) is 5.69 Å². The molecule has 1 aliphatic heterocycles. The highest BCUT2D eigenvalue weighted by Crippen LogP contribution is 2.17. The van der Waals surface area contributed by atoms with Crippen LogP contribution in [0.4, 0.5) is 4.39 Å². The van der Waals surface area contributed by atoms with Crippen molar-refractivity contribution in [2.45, 2.75) is 31.9 Å². The van der Waals surface area contributed by atoms with Gasteiger partial charge >= 0.3 is 0 Å². The Balaban J connectivity index is 0.00000243. The number of nitrogens with one attached hydrogen (secondary N) is 2. The molecule has 1 aromatic carbocycles. The molecule has 9 heteroatoms. The highest BCUT2D eigenvalue weighted by molar-refractivity contribution is 5.91. The van der Waals surface area contributed by atoms with Gasteiger partial charge in [0.1, 0.15) is 17.7 Å². The first-order valence-electron chi connectivity index (χ1n) is 8.45. The van der Waals surface area contributed by atoms with E-state index < -0.39 is 0 Å². The minimum Gasteiger partial charge on any atom is -0.489 e. The van der Waals surface area contributed by atoms with E-state index in [1.807, 2.05) is 6.92 Å².